The minimum Gasteiger partial charge on any atom is -0.364 e. The summed E-state index contributed by atoms with van der Waals surface area (Å²) in [7, 11) is 0. The van der Waals surface area contributed by atoms with Crippen LogP contribution < -0.4 is 5.73 Å². The zero-order valence-electron chi connectivity index (χ0n) is 11.3. The van der Waals surface area contributed by atoms with Crippen LogP contribution in [0, 0.1) is 0 Å². The Hall–Kier alpha value is -2.87. The Balaban J connectivity index is 1.95. The Kier molecular flexibility index (Phi) is 3.75. The van der Waals surface area contributed by atoms with Gasteiger partial charge in [0.15, 0.2) is 5.78 Å². The number of hydrogen-bond donors (Lipinski definition) is 2. The number of Topliss-reactive ketones (excluding diaryl/α,β-unsaturated/α-hetero) is 1. The molecule has 0 saturated heterocycles. The Labute approximate surface area is 129 Å². The maximum Gasteiger partial charge on any atom is 0.268 e. The van der Waals surface area contributed by atoms with Gasteiger partial charge in [0.1, 0.15) is 10.7 Å². The van der Waals surface area contributed by atoms with Crippen LogP contribution in [0.4, 0.5) is 0 Å². The molecule has 3 aromatic heterocycles. The first-order valence-electron chi connectivity index (χ1n) is 6.37. The van der Waals surface area contributed by atoms with Crippen molar-refractivity contribution >= 4 is 23.0 Å². The zero-order valence-corrected chi connectivity index (χ0v) is 12.1. The number of carbonyl (C=O) groups excluding carboxylic acids is 2. The Bertz CT molecular complexity index is 811. The van der Waals surface area contributed by atoms with E-state index in [1.165, 1.54) is 23.7 Å². The van der Waals surface area contributed by atoms with Gasteiger partial charge in [-0.2, -0.15) is 5.10 Å². The second-order valence-electron chi connectivity index (χ2n) is 4.48. The topological polar surface area (TPSA) is 115 Å². The highest BCUT2D eigenvalue weighted by Gasteiger charge is 2.20. The maximum absolute atomic E-state index is 12.2. The van der Waals surface area contributed by atoms with Crippen molar-refractivity contribution < 1.29 is 9.59 Å². The van der Waals surface area contributed by atoms with Gasteiger partial charge in [0.25, 0.3) is 5.91 Å². The zero-order chi connectivity index (χ0) is 15.5. The van der Waals surface area contributed by atoms with Gasteiger partial charge in [-0.05, 0) is 12.1 Å². The summed E-state index contributed by atoms with van der Waals surface area (Å²) in [5.74, 6) is -0.798. The molecule has 3 N–H and O–H groups in total. The third-order valence-corrected chi connectivity index (χ3v) is 4.10. The number of primary amides is 1. The van der Waals surface area contributed by atoms with Crippen LogP contribution in [0.2, 0.25) is 0 Å². The molecule has 0 unspecified atom stereocenters. The van der Waals surface area contributed by atoms with Crippen molar-refractivity contribution in [1.82, 2.24) is 20.2 Å². The van der Waals surface area contributed by atoms with E-state index in [2.05, 4.69) is 20.2 Å². The fourth-order valence-corrected chi connectivity index (χ4v) is 3.00. The highest BCUT2D eigenvalue weighted by atomic mass is 32.1. The highest BCUT2D eigenvalue weighted by Crippen LogP contribution is 2.28. The number of amides is 1. The summed E-state index contributed by atoms with van der Waals surface area (Å²) in [4.78, 5) is 32.5. The van der Waals surface area contributed by atoms with E-state index in [-0.39, 0.29) is 17.9 Å². The molecule has 0 saturated carbocycles. The number of rotatable bonds is 5. The molecule has 0 aromatic carbocycles. The lowest BCUT2D eigenvalue weighted by molar-refractivity contribution is 0.0991. The molecule has 0 spiro atoms. The molecule has 0 fully saturated rings. The summed E-state index contributed by atoms with van der Waals surface area (Å²) in [6.45, 7) is 0. The monoisotopic (exact) mass is 313 g/mol. The molecule has 0 atom stereocenters. The van der Waals surface area contributed by atoms with Crippen LogP contribution in [0.25, 0.3) is 10.6 Å². The SMILES string of the molecule is NC(=O)c1nc(-c2ccncc2)sc1CC(=O)c1cn[nH]c1. The molecule has 1 amide bonds. The summed E-state index contributed by atoms with van der Waals surface area (Å²) in [6, 6.07) is 3.57. The van der Waals surface area contributed by atoms with Crippen molar-refractivity contribution in [2.75, 3.05) is 0 Å². The number of aromatic nitrogens is 4. The number of carbonyl (C=O) groups is 2. The molecule has 22 heavy (non-hydrogen) atoms. The van der Waals surface area contributed by atoms with Crippen LogP contribution in [0.5, 0.6) is 0 Å². The molecule has 0 radical (unpaired) electrons. The number of pyridine rings is 1. The van der Waals surface area contributed by atoms with Gasteiger partial charge in [0.2, 0.25) is 0 Å². The Morgan fingerprint density at radius 2 is 2.05 bits per heavy atom. The summed E-state index contributed by atoms with van der Waals surface area (Å²) in [5, 5.41) is 6.95. The molecule has 8 heteroatoms. The standard InChI is InChI=1S/C14H11N5O2S/c15-13(21)12-11(5-10(20)9-6-17-18-7-9)22-14(19-12)8-1-3-16-4-2-8/h1-4,6-7H,5H2,(H2,15,21)(H,17,18). The van der Waals surface area contributed by atoms with Crippen molar-refractivity contribution in [2.45, 2.75) is 6.42 Å². The van der Waals surface area contributed by atoms with Crippen molar-refractivity contribution in [2.24, 2.45) is 5.73 Å². The van der Waals surface area contributed by atoms with Crippen LogP contribution in [-0.2, 0) is 6.42 Å². The highest BCUT2D eigenvalue weighted by molar-refractivity contribution is 7.15. The van der Waals surface area contributed by atoms with Crippen LogP contribution in [0.3, 0.4) is 0 Å². The number of H-pyrrole nitrogens is 1. The molecular weight excluding hydrogens is 302 g/mol. The molecule has 7 nitrogen and oxygen atoms in total. The van der Waals surface area contributed by atoms with E-state index in [1.54, 1.807) is 24.5 Å². The predicted molar refractivity (Wildman–Crippen MR) is 80.5 cm³/mol. The summed E-state index contributed by atoms with van der Waals surface area (Å²) >= 11 is 1.28. The summed E-state index contributed by atoms with van der Waals surface area (Å²) in [5.41, 5.74) is 6.77. The molecule has 0 bridgehead atoms. The molecule has 3 aromatic rings. The summed E-state index contributed by atoms with van der Waals surface area (Å²) < 4.78 is 0. The van der Waals surface area contributed by atoms with Gasteiger partial charge >= 0.3 is 0 Å². The second kappa shape index (κ2) is 5.86. The van der Waals surface area contributed by atoms with Gasteiger partial charge in [-0.1, -0.05) is 0 Å². The van der Waals surface area contributed by atoms with Crippen LogP contribution >= 0.6 is 11.3 Å². The summed E-state index contributed by atoms with van der Waals surface area (Å²) in [6.07, 6.45) is 6.28. The normalized spacial score (nSPS) is 10.5. The maximum atomic E-state index is 12.2. The number of nitrogens with zero attached hydrogens (tertiary/aromatic N) is 3. The first kappa shape index (κ1) is 14.1. The van der Waals surface area contributed by atoms with Gasteiger partial charge in [-0.15, -0.1) is 11.3 Å². The lowest BCUT2D eigenvalue weighted by atomic mass is 10.1. The van der Waals surface area contributed by atoms with Crippen molar-refractivity contribution in [3.8, 4) is 10.6 Å². The average molecular weight is 313 g/mol. The number of aromatic amines is 1. The van der Waals surface area contributed by atoms with Gasteiger partial charge in [-0.3, -0.25) is 19.7 Å². The smallest absolute Gasteiger partial charge is 0.268 e. The molecule has 0 aliphatic heterocycles. The number of thiazole rings is 1. The van der Waals surface area contributed by atoms with Gasteiger partial charge in [-0.25, -0.2) is 4.98 Å². The van der Waals surface area contributed by atoms with Gasteiger partial charge in [0, 0.05) is 35.5 Å². The molecule has 110 valence electrons. The number of hydrogen-bond acceptors (Lipinski definition) is 6. The van der Waals surface area contributed by atoms with Crippen molar-refractivity contribution in [3.05, 3.63) is 53.1 Å². The largest absolute Gasteiger partial charge is 0.364 e. The predicted octanol–water partition coefficient (Wildman–Crippen LogP) is 1.45. The number of ketones is 1. The van der Waals surface area contributed by atoms with Crippen LogP contribution in [0.15, 0.2) is 36.9 Å². The van der Waals surface area contributed by atoms with Gasteiger partial charge in [0.05, 0.1) is 11.8 Å². The second-order valence-corrected chi connectivity index (χ2v) is 5.56. The molecule has 3 rings (SSSR count). The van der Waals surface area contributed by atoms with Crippen molar-refractivity contribution in [3.63, 3.8) is 0 Å². The van der Waals surface area contributed by atoms with Gasteiger partial charge < -0.3 is 5.73 Å². The van der Waals surface area contributed by atoms with Crippen molar-refractivity contribution in [1.29, 1.82) is 0 Å². The fraction of sp³-hybridized carbons (Fsp3) is 0.0714. The fourth-order valence-electron chi connectivity index (χ4n) is 1.93. The Morgan fingerprint density at radius 3 is 2.68 bits per heavy atom. The lowest BCUT2D eigenvalue weighted by Crippen LogP contribution is -2.15. The quantitative estimate of drug-likeness (QED) is 0.692. The van der Waals surface area contributed by atoms with Crippen LogP contribution in [0.1, 0.15) is 25.7 Å². The molecule has 3 heterocycles. The molecular formula is C14H11N5O2S. The molecule has 0 aliphatic carbocycles. The van der Waals surface area contributed by atoms with E-state index in [0.29, 0.717) is 15.4 Å². The number of nitrogens with one attached hydrogen (secondary N) is 1. The number of nitrogens with two attached hydrogens (primary N) is 1. The van der Waals surface area contributed by atoms with Crippen LogP contribution in [-0.4, -0.2) is 31.9 Å². The lowest BCUT2D eigenvalue weighted by Gasteiger charge is -1.96. The Morgan fingerprint density at radius 1 is 1.27 bits per heavy atom. The van der Waals surface area contributed by atoms with E-state index >= 15 is 0 Å². The third kappa shape index (κ3) is 2.77. The van der Waals surface area contributed by atoms with E-state index in [4.69, 9.17) is 5.73 Å². The molecule has 0 aliphatic rings. The van der Waals surface area contributed by atoms with E-state index in [9.17, 15) is 9.59 Å². The van der Waals surface area contributed by atoms with E-state index < -0.39 is 5.91 Å². The average Bonchev–Trinajstić information content (AvgIpc) is 3.17. The first-order valence-corrected chi connectivity index (χ1v) is 7.18. The first-order chi connectivity index (χ1) is 10.6. The third-order valence-electron chi connectivity index (χ3n) is 3.00. The van der Waals surface area contributed by atoms with E-state index in [1.807, 2.05) is 0 Å². The minimum absolute atomic E-state index is 0.0561. The minimum atomic E-state index is -0.647. The van der Waals surface area contributed by atoms with E-state index in [0.717, 1.165) is 5.56 Å².